The van der Waals surface area contributed by atoms with E-state index in [9.17, 15) is 26.4 Å². The van der Waals surface area contributed by atoms with Gasteiger partial charge in [0.25, 0.3) is 0 Å². The van der Waals surface area contributed by atoms with Gasteiger partial charge in [0.1, 0.15) is 11.4 Å². The highest BCUT2D eigenvalue weighted by Gasteiger charge is 2.35. The van der Waals surface area contributed by atoms with Gasteiger partial charge in [0, 0.05) is 20.0 Å². The van der Waals surface area contributed by atoms with Crippen molar-refractivity contribution in [1.82, 2.24) is 19.5 Å². The number of sulfone groups is 1. The van der Waals surface area contributed by atoms with Gasteiger partial charge in [-0.3, -0.25) is 4.79 Å². The topological polar surface area (TPSA) is 98.1 Å². The van der Waals surface area contributed by atoms with Gasteiger partial charge < -0.3 is 9.47 Å². The zero-order valence-electron chi connectivity index (χ0n) is 17.5. The van der Waals surface area contributed by atoms with Gasteiger partial charge in [-0.25, -0.2) is 23.4 Å². The van der Waals surface area contributed by atoms with Crippen LogP contribution in [0, 0.1) is 0 Å². The van der Waals surface area contributed by atoms with E-state index in [2.05, 4.69) is 15.0 Å². The zero-order chi connectivity index (χ0) is 23.4. The molecule has 0 unspecified atom stereocenters. The van der Waals surface area contributed by atoms with Crippen LogP contribution in [0.4, 0.5) is 18.9 Å². The Hall–Kier alpha value is -3.02. The third-order valence-corrected chi connectivity index (χ3v) is 7.09. The van der Waals surface area contributed by atoms with Crippen LogP contribution in [0.2, 0.25) is 0 Å². The normalized spacial score (nSPS) is 14.7. The molecule has 0 spiro atoms. The van der Waals surface area contributed by atoms with Crippen LogP contribution in [0.3, 0.4) is 0 Å². The molecule has 12 heteroatoms. The molecular formula is C20H20F3N5O3S. The molecule has 1 fully saturated rings. The predicted octanol–water partition coefficient (Wildman–Crippen LogP) is 3.36. The summed E-state index contributed by atoms with van der Waals surface area (Å²) in [5.74, 6) is -0.367. The minimum atomic E-state index is -4.64. The maximum absolute atomic E-state index is 13.0. The Balaban J connectivity index is 1.92. The first-order valence-electron chi connectivity index (χ1n) is 9.86. The van der Waals surface area contributed by atoms with Crippen LogP contribution >= 0.6 is 0 Å². The molecule has 0 radical (unpaired) electrons. The molecule has 1 amide bonds. The van der Waals surface area contributed by atoms with Crippen molar-refractivity contribution >= 4 is 32.5 Å². The van der Waals surface area contributed by atoms with Crippen molar-refractivity contribution in [3.8, 4) is 11.5 Å². The number of carbonyl (C=O) groups is 1. The SMILES string of the molecule is CCS(=O)(=O)c1cc(N(C(C)=O)C2CC2)cnc1-c1nc2cc(C(F)(F)F)ncc2n1C. The van der Waals surface area contributed by atoms with Crippen molar-refractivity contribution in [2.24, 2.45) is 7.05 Å². The Labute approximate surface area is 182 Å². The monoisotopic (exact) mass is 467 g/mol. The molecule has 3 heterocycles. The molecular weight excluding hydrogens is 447 g/mol. The summed E-state index contributed by atoms with van der Waals surface area (Å²) >= 11 is 0. The largest absolute Gasteiger partial charge is 0.433 e. The summed E-state index contributed by atoms with van der Waals surface area (Å²) in [6.07, 6.45) is -0.571. The van der Waals surface area contributed by atoms with Crippen molar-refractivity contribution in [2.45, 2.75) is 43.8 Å². The standard InChI is InChI=1S/C20H20F3N5O3S/c1-4-32(30,31)16-7-13(28(11(2)29)12-5-6-12)9-25-18(16)19-26-14-8-17(20(21,22)23)24-10-15(14)27(19)3/h7-10,12H,4-6H2,1-3H3. The van der Waals surface area contributed by atoms with Gasteiger partial charge in [0.15, 0.2) is 15.7 Å². The number of anilines is 1. The molecule has 170 valence electrons. The molecule has 0 atom stereocenters. The molecule has 0 aromatic carbocycles. The number of halogens is 3. The summed E-state index contributed by atoms with van der Waals surface area (Å²) in [5, 5.41) is 0. The number of aromatic nitrogens is 4. The highest BCUT2D eigenvalue weighted by molar-refractivity contribution is 7.91. The predicted molar refractivity (Wildman–Crippen MR) is 111 cm³/mol. The second-order valence-electron chi connectivity index (χ2n) is 7.61. The molecule has 1 aliphatic carbocycles. The second-order valence-corrected chi connectivity index (χ2v) is 9.86. The quantitative estimate of drug-likeness (QED) is 0.571. The van der Waals surface area contributed by atoms with Gasteiger partial charge in [-0.05, 0) is 25.0 Å². The number of fused-ring (bicyclic) bond motifs is 1. The number of amides is 1. The third kappa shape index (κ3) is 3.83. The number of imidazole rings is 1. The molecule has 1 saturated carbocycles. The molecule has 32 heavy (non-hydrogen) atoms. The molecule has 0 saturated heterocycles. The van der Waals surface area contributed by atoms with Crippen molar-refractivity contribution in [2.75, 3.05) is 10.7 Å². The summed E-state index contributed by atoms with van der Waals surface area (Å²) in [6.45, 7) is 2.88. The smallest absolute Gasteiger partial charge is 0.324 e. The Morgan fingerprint density at radius 1 is 1.22 bits per heavy atom. The molecule has 3 aromatic rings. The van der Waals surface area contributed by atoms with E-state index in [0.717, 1.165) is 25.1 Å². The lowest BCUT2D eigenvalue weighted by Crippen LogP contribution is -2.31. The van der Waals surface area contributed by atoms with E-state index in [1.165, 1.54) is 35.6 Å². The summed E-state index contributed by atoms with van der Waals surface area (Å²) in [7, 11) is -2.25. The van der Waals surface area contributed by atoms with Gasteiger partial charge in [0.05, 0.1) is 39.8 Å². The average molecular weight is 467 g/mol. The summed E-state index contributed by atoms with van der Waals surface area (Å²) in [6, 6.07) is 2.20. The van der Waals surface area contributed by atoms with E-state index in [0.29, 0.717) is 11.2 Å². The molecule has 0 N–H and O–H groups in total. The molecule has 4 rings (SSSR count). The number of carbonyl (C=O) groups excluding carboxylic acids is 1. The Kier molecular flexibility index (Phi) is 5.23. The van der Waals surface area contributed by atoms with E-state index in [4.69, 9.17) is 0 Å². The van der Waals surface area contributed by atoms with Crippen molar-refractivity contribution in [3.63, 3.8) is 0 Å². The number of hydrogen-bond donors (Lipinski definition) is 0. The first-order valence-corrected chi connectivity index (χ1v) is 11.5. The fourth-order valence-electron chi connectivity index (χ4n) is 3.56. The fourth-order valence-corrected chi connectivity index (χ4v) is 4.61. The van der Waals surface area contributed by atoms with Gasteiger partial charge >= 0.3 is 6.18 Å². The number of alkyl halides is 3. The van der Waals surface area contributed by atoms with Crippen molar-refractivity contribution in [3.05, 3.63) is 30.2 Å². The number of hydrogen-bond acceptors (Lipinski definition) is 6. The van der Waals surface area contributed by atoms with Crippen LogP contribution < -0.4 is 4.90 Å². The van der Waals surface area contributed by atoms with E-state index < -0.39 is 21.7 Å². The number of aryl methyl sites for hydroxylation is 1. The van der Waals surface area contributed by atoms with Gasteiger partial charge in [-0.1, -0.05) is 6.92 Å². The first-order chi connectivity index (χ1) is 14.9. The van der Waals surface area contributed by atoms with E-state index in [1.807, 2.05) is 0 Å². The Morgan fingerprint density at radius 2 is 1.91 bits per heavy atom. The number of nitrogens with zero attached hydrogens (tertiary/aromatic N) is 5. The van der Waals surface area contributed by atoms with Crippen LogP contribution in [0.1, 0.15) is 32.4 Å². The van der Waals surface area contributed by atoms with Crippen LogP contribution in [0.25, 0.3) is 22.6 Å². The first kappa shape index (κ1) is 22.2. The third-order valence-electron chi connectivity index (χ3n) is 5.35. The van der Waals surface area contributed by atoms with Gasteiger partial charge in [-0.15, -0.1) is 0 Å². The highest BCUT2D eigenvalue weighted by atomic mass is 32.2. The van der Waals surface area contributed by atoms with Crippen LogP contribution in [0.5, 0.6) is 0 Å². The van der Waals surface area contributed by atoms with Crippen LogP contribution in [-0.2, 0) is 27.9 Å². The fraction of sp³-hybridized carbons (Fsp3) is 0.400. The van der Waals surface area contributed by atoms with Gasteiger partial charge in [0.2, 0.25) is 5.91 Å². The number of rotatable bonds is 5. The van der Waals surface area contributed by atoms with E-state index in [1.54, 1.807) is 7.05 Å². The van der Waals surface area contributed by atoms with Crippen molar-refractivity contribution in [1.29, 1.82) is 0 Å². The van der Waals surface area contributed by atoms with E-state index in [-0.39, 0.29) is 39.6 Å². The van der Waals surface area contributed by atoms with Crippen molar-refractivity contribution < 1.29 is 26.4 Å². The maximum atomic E-state index is 13.0. The summed E-state index contributed by atoms with van der Waals surface area (Å²) < 4.78 is 66.4. The molecule has 8 nitrogen and oxygen atoms in total. The van der Waals surface area contributed by atoms with E-state index >= 15 is 0 Å². The summed E-state index contributed by atoms with van der Waals surface area (Å²) in [5.41, 5.74) is -0.431. The molecule has 0 bridgehead atoms. The minimum absolute atomic E-state index is 0.0000518. The summed E-state index contributed by atoms with van der Waals surface area (Å²) in [4.78, 5) is 25.5. The lowest BCUT2D eigenvalue weighted by Gasteiger charge is -2.21. The van der Waals surface area contributed by atoms with Crippen LogP contribution in [-0.4, -0.2) is 45.6 Å². The lowest BCUT2D eigenvalue weighted by atomic mass is 10.2. The van der Waals surface area contributed by atoms with Gasteiger partial charge in [-0.2, -0.15) is 13.2 Å². The zero-order valence-corrected chi connectivity index (χ0v) is 18.3. The molecule has 1 aliphatic rings. The van der Waals surface area contributed by atoms with Crippen LogP contribution in [0.15, 0.2) is 29.4 Å². The molecule has 0 aliphatic heterocycles. The average Bonchev–Trinajstić information content (AvgIpc) is 3.50. The maximum Gasteiger partial charge on any atom is 0.433 e. The number of pyridine rings is 2. The second kappa shape index (κ2) is 7.54. The Bertz CT molecular complexity index is 1330. The highest BCUT2D eigenvalue weighted by Crippen LogP contribution is 2.36. The lowest BCUT2D eigenvalue weighted by molar-refractivity contribution is -0.141. The molecule has 3 aromatic heterocycles. The minimum Gasteiger partial charge on any atom is -0.324 e. The Morgan fingerprint density at radius 3 is 2.47 bits per heavy atom.